The molecule has 2 atom stereocenters. The highest BCUT2D eigenvalue weighted by Gasteiger charge is 2.30. The summed E-state index contributed by atoms with van der Waals surface area (Å²) in [6, 6.07) is 4.90. The molecule has 194 valence electrons. The molecular weight excluding hydrogens is 464 g/mol. The predicted molar refractivity (Wildman–Crippen MR) is 138 cm³/mol. The number of β-amino-alcohol motifs (C(OH)–C–C–N with tert-alkyl or cyclic N) is 1. The topological polar surface area (TPSA) is 107 Å². The Bertz CT molecular complexity index is 1090. The number of aryl methyl sites for hydroxylation is 2. The van der Waals surface area contributed by atoms with Crippen molar-refractivity contribution in [2.45, 2.75) is 82.3 Å². The Balaban J connectivity index is 1.51. The fourth-order valence-corrected chi connectivity index (χ4v) is 6.72. The van der Waals surface area contributed by atoms with Crippen LogP contribution in [0.5, 0.6) is 0 Å². The van der Waals surface area contributed by atoms with Crippen molar-refractivity contribution in [3.63, 3.8) is 0 Å². The second-order valence-corrected chi connectivity index (χ2v) is 12.8. The highest BCUT2D eigenvalue weighted by atomic mass is 32.2. The molecule has 3 N–H and O–H groups in total. The molecule has 2 aliphatic carbocycles. The molecule has 2 aliphatic rings. The fourth-order valence-electron chi connectivity index (χ4n) is 5.31. The van der Waals surface area contributed by atoms with Gasteiger partial charge in [-0.15, -0.1) is 0 Å². The average Bonchev–Trinajstić information content (AvgIpc) is 3.17. The number of aliphatic hydroxyl groups excluding tert-OH is 1. The largest absolute Gasteiger partial charge is 0.481 e. The molecule has 0 saturated carbocycles. The summed E-state index contributed by atoms with van der Waals surface area (Å²) in [5, 5.41) is 22.9. The van der Waals surface area contributed by atoms with E-state index in [1.807, 2.05) is 0 Å². The van der Waals surface area contributed by atoms with E-state index in [-0.39, 0.29) is 23.4 Å². The Morgan fingerprint density at radius 1 is 1.29 bits per heavy atom. The van der Waals surface area contributed by atoms with Crippen LogP contribution in [-0.4, -0.2) is 60.7 Å². The van der Waals surface area contributed by atoms with Gasteiger partial charge in [-0.1, -0.05) is 29.9 Å². The van der Waals surface area contributed by atoms with Crippen LogP contribution in [0.4, 0.5) is 0 Å². The van der Waals surface area contributed by atoms with Crippen molar-refractivity contribution in [1.29, 1.82) is 0 Å². The van der Waals surface area contributed by atoms with E-state index in [4.69, 9.17) is 5.11 Å². The van der Waals surface area contributed by atoms with Crippen molar-refractivity contribution < 1.29 is 23.4 Å². The van der Waals surface area contributed by atoms with E-state index in [2.05, 4.69) is 31.3 Å². The number of carbonyl (C=O) groups is 1. The van der Waals surface area contributed by atoms with Crippen molar-refractivity contribution in [3.05, 3.63) is 52.6 Å². The van der Waals surface area contributed by atoms with Gasteiger partial charge in [-0.2, -0.15) is 4.31 Å². The monoisotopic (exact) mass is 504 g/mol. The predicted octanol–water partition coefficient (Wildman–Crippen LogP) is 3.81. The Hall–Kier alpha value is -2.00. The number of rotatable bonds is 12. The van der Waals surface area contributed by atoms with E-state index < -0.39 is 22.1 Å². The van der Waals surface area contributed by atoms with Gasteiger partial charge in [-0.3, -0.25) is 4.79 Å². The van der Waals surface area contributed by atoms with Gasteiger partial charge in [0.2, 0.25) is 10.0 Å². The molecule has 1 aromatic carbocycles. The number of hydrogen-bond acceptors (Lipinski definition) is 5. The van der Waals surface area contributed by atoms with Crippen molar-refractivity contribution in [2.24, 2.45) is 5.92 Å². The number of nitrogens with one attached hydrogen (secondary N) is 1. The molecule has 0 fully saturated rings. The second-order valence-electron chi connectivity index (χ2n) is 10.7. The molecule has 1 aromatic rings. The number of allylic oxidation sites excluding steroid dienone is 4. The molecule has 3 rings (SSSR count). The molecule has 0 aromatic heterocycles. The van der Waals surface area contributed by atoms with Gasteiger partial charge in [-0.25, -0.2) is 8.42 Å². The van der Waals surface area contributed by atoms with Gasteiger partial charge in [0.05, 0.1) is 11.0 Å². The lowest BCUT2D eigenvalue weighted by Gasteiger charge is -2.31. The molecule has 1 unspecified atom stereocenters. The Morgan fingerprint density at radius 3 is 2.69 bits per heavy atom. The summed E-state index contributed by atoms with van der Waals surface area (Å²) in [6.07, 6.45) is 9.65. The number of benzene rings is 1. The van der Waals surface area contributed by atoms with Gasteiger partial charge >= 0.3 is 5.97 Å². The minimum absolute atomic E-state index is 0.00237. The van der Waals surface area contributed by atoms with Crippen LogP contribution < -0.4 is 5.32 Å². The van der Waals surface area contributed by atoms with Crippen LogP contribution in [0.2, 0.25) is 0 Å². The minimum atomic E-state index is -3.78. The van der Waals surface area contributed by atoms with E-state index in [1.165, 1.54) is 29.4 Å². The number of aliphatic carboxylic acids is 1. The van der Waals surface area contributed by atoms with Crippen molar-refractivity contribution in [1.82, 2.24) is 9.62 Å². The molecule has 0 spiro atoms. The average molecular weight is 505 g/mol. The molecule has 35 heavy (non-hydrogen) atoms. The number of sulfonamides is 1. The highest BCUT2D eigenvalue weighted by Crippen LogP contribution is 2.40. The molecule has 0 radical (unpaired) electrons. The summed E-state index contributed by atoms with van der Waals surface area (Å²) in [4.78, 5) is 11.0. The van der Waals surface area contributed by atoms with Crippen LogP contribution in [0.3, 0.4) is 0 Å². The van der Waals surface area contributed by atoms with Gasteiger partial charge in [0.1, 0.15) is 0 Å². The number of hydrogen-bond donors (Lipinski definition) is 3. The van der Waals surface area contributed by atoms with Crippen LogP contribution in [-0.2, 0) is 21.2 Å². The third-order valence-electron chi connectivity index (χ3n) is 7.07. The van der Waals surface area contributed by atoms with Gasteiger partial charge in [0.25, 0.3) is 0 Å². The molecule has 7 nitrogen and oxygen atoms in total. The Kier molecular flexibility index (Phi) is 8.96. The standard InChI is InChI=1S/C27H40N2O5S/c1-19-13-20(10-12-26(31)32)9-11-25(19)35(33,34)29(4)18-24(30)17-28-27(2,3)16-21-14-22-7-5-6-8-23(22)15-21/h5,7,9,11,13,21,24,28,30H,6,8,10,12,14-18H2,1-4H3,(H,31,32)/t21?,24-/m1/s1. The zero-order valence-electron chi connectivity index (χ0n) is 21.4. The molecular formula is C27H40N2O5S. The zero-order chi connectivity index (χ0) is 25.8. The number of aliphatic hydroxyl groups is 1. The molecule has 8 heteroatoms. The van der Waals surface area contributed by atoms with E-state index in [9.17, 15) is 18.3 Å². The summed E-state index contributed by atoms with van der Waals surface area (Å²) in [6.45, 7) is 6.28. The summed E-state index contributed by atoms with van der Waals surface area (Å²) >= 11 is 0. The summed E-state index contributed by atoms with van der Waals surface area (Å²) in [7, 11) is -2.30. The van der Waals surface area contributed by atoms with Gasteiger partial charge < -0.3 is 15.5 Å². The first-order valence-electron chi connectivity index (χ1n) is 12.5. The number of nitrogens with zero attached hydrogens (tertiary/aromatic N) is 1. The summed E-state index contributed by atoms with van der Waals surface area (Å²) in [5.74, 6) is -0.284. The maximum atomic E-state index is 13.1. The van der Waals surface area contributed by atoms with E-state index >= 15 is 0 Å². The van der Waals surface area contributed by atoms with Crippen LogP contribution in [0.25, 0.3) is 0 Å². The van der Waals surface area contributed by atoms with Gasteiger partial charge in [-0.05, 0) is 88.0 Å². The summed E-state index contributed by atoms with van der Waals surface area (Å²) in [5.41, 5.74) is 4.30. The lowest BCUT2D eigenvalue weighted by atomic mass is 9.88. The van der Waals surface area contributed by atoms with Crippen molar-refractivity contribution in [3.8, 4) is 0 Å². The van der Waals surface area contributed by atoms with Crippen molar-refractivity contribution >= 4 is 16.0 Å². The molecule has 0 heterocycles. The third-order valence-corrected chi connectivity index (χ3v) is 9.05. The maximum absolute atomic E-state index is 13.1. The van der Waals surface area contributed by atoms with E-state index in [0.29, 0.717) is 24.4 Å². The second kappa shape index (κ2) is 11.4. The lowest BCUT2D eigenvalue weighted by molar-refractivity contribution is -0.136. The fraction of sp³-hybridized carbons (Fsp3) is 0.593. The quantitative estimate of drug-likeness (QED) is 0.400. The Morgan fingerprint density at radius 2 is 2.03 bits per heavy atom. The van der Waals surface area contributed by atoms with E-state index in [1.54, 1.807) is 24.6 Å². The van der Waals surface area contributed by atoms with Crippen LogP contribution in [0.1, 0.15) is 63.5 Å². The van der Waals surface area contributed by atoms with E-state index in [0.717, 1.165) is 31.2 Å². The van der Waals surface area contributed by atoms with Crippen LogP contribution in [0, 0.1) is 12.8 Å². The molecule has 0 aliphatic heterocycles. The molecule has 0 saturated heterocycles. The minimum Gasteiger partial charge on any atom is -0.481 e. The number of carboxylic acid groups (broad SMARTS) is 1. The van der Waals surface area contributed by atoms with Gasteiger partial charge in [0.15, 0.2) is 0 Å². The first kappa shape index (κ1) is 27.6. The Labute approximate surface area is 210 Å². The first-order chi connectivity index (χ1) is 16.4. The van der Waals surface area contributed by atoms with Crippen LogP contribution in [0.15, 0.2) is 46.4 Å². The molecule has 0 bridgehead atoms. The van der Waals surface area contributed by atoms with Crippen molar-refractivity contribution in [2.75, 3.05) is 20.1 Å². The maximum Gasteiger partial charge on any atom is 0.303 e. The number of likely N-dealkylation sites (N-methyl/N-ethyl adjacent to an activating group) is 1. The molecule has 0 amide bonds. The zero-order valence-corrected chi connectivity index (χ0v) is 22.2. The smallest absolute Gasteiger partial charge is 0.303 e. The number of carboxylic acids is 1. The van der Waals surface area contributed by atoms with Gasteiger partial charge in [0, 0.05) is 32.1 Å². The first-order valence-corrected chi connectivity index (χ1v) is 13.9. The SMILES string of the molecule is Cc1cc(CCC(=O)O)ccc1S(=O)(=O)N(C)C[C@H](O)CNC(C)(C)CC1CC2=C(CCC=C2)C1. The summed E-state index contributed by atoms with van der Waals surface area (Å²) < 4.78 is 27.4. The van der Waals surface area contributed by atoms with Crippen LogP contribution >= 0.6 is 0 Å². The normalized spacial score (nSPS) is 19.3. The highest BCUT2D eigenvalue weighted by molar-refractivity contribution is 7.89. The third kappa shape index (κ3) is 7.49. The lowest BCUT2D eigenvalue weighted by Crippen LogP contribution is -2.47.